The Labute approximate surface area is 106 Å². The molecular weight excluding hydrogens is 228 g/mol. The predicted molar refractivity (Wildman–Crippen MR) is 70.5 cm³/mol. The van der Waals surface area contributed by atoms with Gasteiger partial charge in [0, 0.05) is 12.2 Å². The average molecular weight is 246 g/mol. The van der Waals surface area contributed by atoms with Crippen molar-refractivity contribution >= 4 is 5.69 Å². The van der Waals surface area contributed by atoms with Gasteiger partial charge in [0.05, 0.1) is 5.69 Å². The van der Waals surface area contributed by atoms with Crippen LogP contribution in [0.15, 0.2) is 30.6 Å². The Morgan fingerprint density at radius 3 is 2.61 bits per heavy atom. The smallest absolute Gasteiger partial charge is 0.162 e. The van der Waals surface area contributed by atoms with Crippen molar-refractivity contribution in [3.05, 3.63) is 30.6 Å². The number of unbranched alkanes of at least 4 members (excludes halogenated alkanes) is 2. The fraction of sp³-hybridized carbons (Fsp3) is 0.417. The van der Waals surface area contributed by atoms with Crippen LogP contribution in [0.5, 0.6) is 0 Å². The number of nitrogens with one attached hydrogen (secondary N) is 1. The topological polar surface area (TPSA) is 81.6 Å². The van der Waals surface area contributed by atoms with E-state index >= 15 is 0 Å². The maximum absolute atomic E-state index is 5.45. The van der Waals surface area contributed by atoms with Crippen molar-refractivity contribution in [1.82, 2.24) is 20.2 Å². The van der Waals surface area contributed by atoms with Crippen LogP contribution in [0.4, 0.5) is 5.69 Å². The molecule has 2 aromatic rings. The molecule has 96 valence electrons. The van der Waals surface area contributed by atoms with Gasteiger partial charge in [-0.2, -0.15) is 0 Å². The fourth-order valence-electron chi connectivity index (χ4n) is 1.68. The maximum Gasteiger partial charge on any atom is 0.162 e. The van der Waals surface area contributed by atoms with Gasteiger partial charge in [-0.25, -0.2) is 0 Å². The third-order valence-electron chi connectivity index (χ3n) is 2.66. The van der Waals surface area contributed by atoms with Gasteiger partial charge in [-0.15, -0.1) is 15.0 Å². The van der Waals surface area contributed by atoms with E-state index in [-0.39, 0.29) is 0 Å². The van der Waals surface area contributed by atoms with Gasteiger partial charge in [0.15, 0.2) is 6.33 Å². The molecule has 6 heteroatoms. The van der Waals surface area contributed by atoms with E-state index in [4.69, 9.17) is 5.73 Å². The molecule has 0 fully saturated rings. The molecule has 0 unspecified atom stereocenters. The molecule has 1 heterocycles. The van der Waals surface area contributed by atoms with Crippen LogP contribution in [-0.4, -0.2) is 33.3 Å². The van der Waals surface area contributed by atoms with Crippen LogP contribution < -0.4 is 11.1 Å². The van der Waals surface area contributed by atoms with E-state index in [1.54, 1.807) is 0 Å². The van der Waals surface area contributed by atoms with E-state index in [1.807, 2.05) is 24.3 Å². The minimum absolute atomic E-state index is 0.777. The summed E-state index contributed by atoms with van der Waals surface area (Å²) in [5.41, 5.74) is 7.45. The first-order valence-corrected chi connectivity index (χ1v) is 6.17. The average Bonchev–Trinajstić information content (AvgIpc) is 2.93. The standard InChI is InChI=1S/C12H18N6/c13-8-2-1-3-9-14-11-4-6-12(7-5-11)18-16-10-15-17-18/h4-7,10,14H,1-3,8-9,13H2. The van der Waals surface area contributed by atoms with Gasteiger partial charge in [-0.1, -0.05) is 6.42 Å². The first-order chi connectivity index (χ1) is 8.90. The van der Waals surface area contributed by atoms with Gasteiger partial charge < -0.3 is 11.1 Å². The summed E-state index contributed by atoms with van der Waals surface area (Å²) >= 11 is 0. The molecule has 0 spiro atoms. The number of anilines is 1. The number of rotatable bonds is 7. The normalized spacial score (nSPS) is 10.5. The molecule has 0 aliphatic rings. The lowest BCUT2D eigenvalue weighted by atomic mass is 10.2. The summed E-state index contributed by atoms with van der Waals surface area (Å²) in [5.74, 6) is 0. The maximum atomic E-state index is 5.45. The number of nitrogens with two attached hydrogens (primary N) is 1. The highest BCUT2D eigenvalue weighted by Gasteiger charge is 1.98. The molecule has 0 amide bonds. The zero-order valence-electron chi connectivity index (χ0n) is 10.3. The second-order valence-electron chi connectivity index (χ2n) is 4.05. The number of benzene rings is 1. The summed E-state index contributed by atoms with van der Waals surface area (Å²) in [6.45, 7) is 1.75. The molecule has 2 rings (SSSR count). The highest BCUT2D eigenvalue weighted by molar-refractivity contribution is 5.47. The molecule has 3 N–H and O–H groups in total. The quantitative estimate of drug-likeness (QED) is 0.717. The van der Waals surface area contributed by atoms with E-state index < -0.39 is 0 Å². The summed E-state index contributed by atoms with van der Waals surface area (Å²) in [7, 11) is 0. The molecule has 6 nitrogen and oxygen atoms in total. The summed E-state index contributed by atoms with van der Waals surface area (Å²) in [6.07, 6.45) is 4.83. The van der Waals surface area contributed by atoms with Crippen molar-refractivity contribution in [3.8, 4) is 5.69 Å². The molecule has 0 bridgehead atoms. The summed E-state index contributed by atoms with van der Waals surface area (Å²) in [5, 5.41) is 14.9. The number of hydrogen-bond acceptors (Lipinski definition) is 5. The van der Waals surface area contributed by atoms with Gasteiger partial charge in [0.25, 0.3) is 0 Å². The lowest BCUT2D eigenvalue weighted by molar-refractivity contribution is 0.707. The SMILES string of the molecule is NCCCCCNc1ccc(-n2ncnn2)cc1. The van der Waals surface area contributed by atoms with Crippen LogP contribution in [0.2, 0.25) is 0 Å². The molecule has 0 aliphatic heterocycles. The Morgan fingerprint density at radius 1 is 1.11 bits per heavy atom. The van der Waals surface area contributed by atoms with E-state index in [1.165, 1.54) is 17.5 Å². The van der Waals surface area contributed by atoms with Crippen LogP contribution in [0, 0.1) is 0 Å². The highest BCUT2D eigenvalue weighted by atomic mass is 15.6. The monoisotopic (exact) mass is 246 g/mol. The van der Waals surface area contributed by atoms with Crippen LogP contribution in [0.25, 0.3) is 5.69 Å². The van der Waals surface area contributed by atoms with Crippen LogP contribution >= 0.6 is 0 Å². The first-order valence-electron chi connectivity index (χ1n) is 6.17. The molecule has 0 saturated carbocycles. The second-order valence-corrected chi connectivity index (χ2v) is 4.05. The first kappa shape index (κ1) is 12.5. The van der Waals surface area contributed by atoms with Crippen molar-refractivity contribution in [2.45, 2.75) is 19.3 Å². The van der Waals surface area contributed by atoms with Crippen LogP contribution in [0.1, 0.15) is 19.3 Å². The summed E-state index contributed by atoms with van der Waals surface area (Å²) < 4.78 is 0. The van der Waals surface area contributed by atoms with Gasteiger partial charge in [0.1, 0.15) is 0 Å². The molecule has 0 radical (unpaired) electrons. The van der Waals surface area contributed by atoms with Crippen LogP contribution in [-0.2, 0) is 0 Å². The summed E-state index contributed by atoms with van der Waals surface area (Å²) in [6, 6.07) is 7.96. The minimum Gasteiger partial charge on any atom is -0.385 e. The Morgan fingerprint density at radius 2 is 1.94 bits per heavy atom. The van der Waals surface area contributed by atoms with E-state index in [0.717, 1.165) is 37.3 Å². The number of aromatic nitrogens is 4. The third kappa shape index (κ3) is 3.53. The molecule has 1 aromatic heterocycles. The van der Waals surface area contributed by atoms with Gasteiger partial charge in [-0.3, -0.25) is 0 Å². The second kappa shape index (κ2) is 6.70. The Bertz CT molecular complexity index is 436. The molecule has 0 atom stereocenters. The van der Waals surface area contributed by atoms with Crippen molar-refractivity contribution in [2.24, 2.45) is 5.73 Å². The summed E-state index contributed by atoms with van der Waals surface area (Å²) in [4.78, 5) is 1.49. The largest absolute Gasteiger partial charge is 0.385 e. The predicted octanol–water partition coefficient (Wildman–Crippen LogP) is 1.20. The van der Waals surface area contributed by atoms with Crippen molar-refractivity contribution < 1.29 is 0 Å². The molecule has 18 heavy (non-hydrogen) atoms. The molecular formula is C12H18N6. The Hall–Kier alpha value is -1.95. The zero-order chi connectivity index (χ0) is 12.6. The zero-order valence-corrected chi connectivity index (χ0v) is 10.3. The number of nitrogens with zero attached hydrogens (tertiary/aromatic N) is 4. The minimum atomic E-state index is 0.777. The van der Waals surface area contributed by atoms with E-state index in [9.17, 15) is 0 Å². The van der Waals surface area contributed by atoms with Gasteiger partial charge in [0.2, 0.25) is 0 Å². The number of hydrogen-bond donors (Lipinski definition) is 2. The third-order valence-corrected chi connectivity index (χ3v) is 2.66. The van der Waals surface area contributed by atoms with Crippen molar-refractivity contribution in [3.63, 3.8) is 0 Å². The van der Waals surface area contributed by atoms with Crippen molar-refractivity contribution in [1.29, 1.82) is 0 Å². The van der Waals surface area contributed by atoms with Gasteiger partial charge in [-0.05, 0) is 48.9 Å². The highest BCUT2D eigenvalue weighted by Crippen LogP contribution is 2.11. The van der Waals surface area contributed by atoms with Crippen molar-refractivity contribution in [2.75, 3.05) is 18.4 Å². The van der Waals surface area contributed by atoms with E-state index in [0.29, 0.717) is 0 Å². The molecule has 1 aromatic carbocycles. The number of tetrazole rings is 1. The van der Waals surface area contributed by atoms with Crippen LogP contribution in [0.3, 0.4) is 0 Å². The lowest BCUT2D eigenvalue weighted by Gasteiger charge is -2.06. The van der Waals surface area contributed by atoms with Gasteiger partial charge >= 0.3 is 0 Å². The Balaban J connectivity index is 1.81. The molecule has 0 aliphatic carbocycles. The van der Waals surface area contributed by atoms with E-state index in [2.05, 4.69) is 20.7 Å². The molecule has 0 saturated heterocycles. The fourth-order valence-corrected chi connectivity index (χ4v) is 1.68. The lowest BCUT2D eigenvalue weighted by Crippen LogP contribution is -2.04. The Kier molecular flexibility index (Phi) is 4.66.